The fraction of sp³-hybridized carbons (Fsp3) is 0.591. The molecule has 0 saturated heterocycles. The van der Waals surface area contributed by atoms with E-state index in [0.29, 0.717) is 23.9 Å². The van der Waals surface area contributed by atoms with Crippen LogP contribution in [0.3, 0.4) is 0 Å². The van der Waals surface area contributed by atoms with Gasteiger partial charge in [0.05, 0.1) is 18.2 Å². The molecule has 0 unspecified atom stereocenters. The van der Waals surface area contributed by atoms with Crippen LogP contribution < -0.4 is 4.72 Å². The molecule has 1 aliphatic rings. The quantitative estimate of drug-likeness (QED) is 0.416. The second kappa shape index (κ2) is 9.63. The predicted molar refractivity (Wildman–Crippen MR) is 129 cm³/mol. The van der Waals surface area contributed by atoms with Crippen molar-refractivity contribution >= 4 is 16.0 Å². The van der Waals surface area contributed by atoms with Crippen molar-refractivity contribution in [2.45, 2.75) is 63.5 Å². The average molecular weight is 505 g/mol. The molecule has 3 aromatic rings. The van der Waals surface area contributed by atoms with Crippen molar-refractivity contribution in [2.24, 2.45) is 7.05 Å². The summed E-state index contributed by atoms with van der Waals surface area (Å²) < 4.78 is 44.7. The van der Waals surface area contributed by atoms with Crippen LogP contribution in [0.4, 0.5) is 5.95 Å². The fourth-order valence-corrected chi connectivity index (χ4v) is 5.04. The fourth-order valence-electron chi connectivity index (χ4n) is 3.95. The SMILES string of the molecule is COCC1(n2c(NS(=O)(=O)[C@@H](C)[C@@H](OC(C)C)c3ncc(C)cn3)nnc2-c2ccn(C)n2)CC1. The number of ether oxygens (including phenoxy) is 2. The number of anilines is 1. The topological polar surface area (TPSA) is 139 Å². The normalized spacial score (nSPS) is 16.9. The molecule has 0 bridgehead atoms. The lowest BCUT2D eigenvalue weighted by Crippen LogP contribution is -2.36. The van der Waals surface area contributed by atoms with Crippen LogP contribution in [0, 0.1) is 6.92 Å². The number of hydrogen-bond acceptors (Lipinski definition) is 9. The molecule has 0 aliphatic heterocycles. The molecule has 0 aromatic carbocycles. The molecule has 3 aromatic heterocycles. The number of nitrogens with zero attached hydrogens (tertiary/aromatic N) is 7. The Labute approximate surface area is 205 Å². The minimum Gasteiger partial charge on any atom is -0.382 e. The van der Waals surface area contributed by atoms with Crippen LogP contribution in [0.25, 0.3) is 11.5 Å². The van der Waals surface area contributed by atoms with Crippen LogP contribution in [-0.4, -0.2) is 68.0 Å². The smallest absolute Gasteiger partial charge is 0.240 e. The summed E-state index contributed by atoms with van der Waals surface area (Å²) in [6, 6.07) is 1.81. The number of hydrogen-bond donors (Lipinski definition) is 1. The molecule has 12 nitrogen and oxygen atoms in total. The van der Waals surface area contributed by atoms with Gasteiger partial charge in [0.25, 0.3) is 0 Å². The molecule has 0 radical (unpaired) electrons. The van der Waals surface area contributed by atoms with E-state index in [2.05, 4.69) is 30.0 Å². The third-order valence-corrected chi connectivity index (χ3v) is 7.64. The number of methoxy groups -OCH3 is 1. The van der Waals surface area contributed by atoms with E-state index >= 15 is 0 Å². The molecule has 0 amide bonds. The molecule has 35 heavy (non-hydrogen) atoms. The van der Waals surface area contributed by atoms with Gasteiger partial charge in [-0.25, -0.2) is 18.4 Å². The summed E-state index contributed by atoms with van der Waals surface area (Å²) >= 11 is 0. The first-order valence-corrected chi connectivity index (χ1v) is 13.0. The van der Waals surface area contributed by atoms with E-state index in [9.17, 15) is 8.42 Å². The highest BCUT2D eigenvalue weighted by Gasteiger charge is 2.49. The molecular formula is C22H32N8O4S. The summed E-state index contributed by atoms with van der Waals surface area (Å²) in [6.07, 6.45) is 5.57. The van der Waals surface area contributed by atoms with Crippen molar-refractivity contribution in [1.82, 2.24) is 34.5 Å². The number of nitrogens with one attached hydrogen (secondary N) is 1. The van der Waals surface area contributed by atoms with Gasteiger partial charge in [0.1, 0.15) is 17.0 Å². The third-order valence-electron chi connectivity index (χ3n) is 5.94. The van der Waals surface area contributed by atoms with Gasteiger partial charge in [-0.1, -0.05) is 0 Å². The molecule has 1 aliphatic carbocycles. The standard InChI is InChI=1S/C22H32N8O4S/c1-14(2)34-18(19-23-11-15(3)12-24-19)16(4)35(31,32)28-21-26-25-20(17-7-10-29(5)27-17)30(21)22(8-9-22)13-33-6/h7,10-12,14,16,18H,8-9,13H2,1-6H3,(H,26,28)/t16-,18+/m0/s1. The lowest BCUT2D eigenvalue weighted by Gasteiger charge is -2.26. The zero-order valence-corrected chi connectivity index (χ0v) is 21.7. The molecule has 2 atom stereocenters. The number of aryl methyl sites for hydroxylation is 2. The van der Waals surface area contributed by atoms with Crippen LogP contribution >= 0.6 is 0 Å². The summed E-state index contributed by atoms with van der Waals surface area (Å²) in [4.78, 5) is 8.64. The average Bonchev–Trinajstić information content (AvgIpc) is 3.23. The van der Waals surface area contributed by atoms with E-state index in [4.69, 9.17) is 9.47 Å². The maximum Gasteiger partial charge on any atom is 0.240 e. The van der Waals surface area contributed by atoms with Gasteiger partial charge in [-0.05, 0) is 52.2 Å². The van der Waals surface area contributed by atoms with Gasteiger partial charge in [-0.15, -0.1) is 10.2 Å². The molecule has 3 heterocycles. The Morgan fingerprint density at radius 2 is 1.86 bits per heavy atom. The second-order valence-corrected chi connectivity index (χ2v) is 11.3. The minimum atomic E-state index is -3.99. The molecule has 4 rings (SSSR count). The zero-order chi connectivity index (χ0) is 25.4. The van der Waals surface area contributed by atoms with Crippen molar-refractivity contribution in [3.63, 3.8) is 0 Å². The number of rotatable bonds is 11. The van der Waals surface area contributed by atoms with Gasteiger partial charge in [0, 0.05) is 32.7 Å². The molecule has 190 valence electrons. The van der Waals surface area contributed by atoms with Crippen molar-refractivity contribution < 1.29 is 17.9 Å². The van der Waals surface area contributed by atoms with E-state index in [0.717, 1.165) is 18.4 Å². The van der Waals surface area contributed by atoms with Crippen molar-refractivity contribution in [3.05, 3.63) is 36.0 Å². The van der Waals surface area contributed by atoms with Gasteiger partial charge in [-0.3, -0.25) is 14.0 Å². The molecule has 1 saturated carbocycles. The first-order chi connectivity index (χ1) is 16.6. The van der Waals surface area contributed by atoms with Gasteiger partial charge in [0.15, 0.2) is 11.6 Å². The molecular weight excluding hydrogens is 472 g/mol. The van der Waals surface area contributed by atoms with Crippen LogP contribution in [0.5, 0.6) is 0 Å². The van der Waals surface area contributed by atoms with Crippen molar-refractivity contribution in [3.8, 4) is 11.5 Å². The van der Waals surface area contributed by atoms with E-state index in [1.807, 2.05) is 26.8 Å². The molecule has 0 spiro atoms. The predicted octanol–water partition coefficient (Wildman–Crippen LogP) is 2.21. The van der Waals surface area contributed by atoms with Crippen molar-refractivity contribution in [1.29, 1.82) is 0 Å². The summed E-state index contributed by atoms with van der Waals surface area (Å²) in [5.74, 6) is 0.887. The van der Waals surface area contributed by atoms with Crippen LogP contribution in [0.2, 0.25) is 0 Å². The Bertz CT molecular complexity index is 1260. The Hall–Kier alpha value is -2.90. The highest BCUT2D eigenvalue weighted by atomic mass is 32.2. The largest absolute Gasteiger partial charge is 0.382 e. The van der Waals surface area contributed by atoms with Crippen molar-refractivity contribution in [2.75, 3.05) is 18.4 Å². The number of aromatic nitrogens is 7. The summed E-state index contributed by atoms with van der Waals surface area (Å²) in [5, 5.41) is 11.9. The van der Waals surface area contributed by atoms with Crippen LogP contribution in [-0.2, 0) is 32.1 Å². The maximum atomic E-state index is 13.6. The van der Waals surface area contributed by atoms with Gasteiger partial charge in [-0.2, -0.15) is 5.10 Å². The van der Waals surface area contributed by atoms with Crippen LogP contribution in [0.15, 0.2) is 24.7 Å². The second-order valence-electron chi connectivity index (χ2n) is 9.29. The molecule has 1 fully saturated rings. The first kappa shape index (κ1) is 25.2. The molecule has 1 N–H and O–H groups in total. The summed E-state index contributed by atoms with van der Waals surface area (Å²) in [5.41, 5.74) is 1.02. The highest BCUT2D eigenvalue weighted by Crippen LogP contribution is 2.47. The van der Waals surface area contributed by atoms with E-state index < -0.39 is 26.9 Å². The first-order valence-electron chi connectivity index (χ1n) is 11.5. The van der Waals surface area contributed by atoms with Gasteiger partial charge >= 0.3 is 0 Å². The van der Waals surface area contributed by atoms with Gasteiger partial charge in [0.2, 0.25) is 16.0 Å². The summed E-state index contributed by atoms with van der Waals surface area (Å²) in [7, 11) is -0.572. The Kier molecular flexibility index (Phi) is 6.93. The number of sulfonamides is 1. The maximum absolute atomic E-state index is 13.6. The van der Waals surface area contributed by atoms with E-state index in [1.54, 1.807) is 48.9 Å². The van der Waals surface area contributed by atoms with E-state index in [-0.39, 0.29) is 12.1 Å². The monoisotopic (exact) mass is 504 g/mol. The Morgan fingerprint density at radius 1 is 1.17 bits per heavy atom. The molecule has 13 heteroatoms. The summed E-state index contributed by atoms with van der Waals surface area (Å²) in [6.45, 7) is 7.51. The zero-order valence-electron chi connectivity index (χ0n) is 20.8. The van der Waals surface area contributed by atoms with Gasteiger partial charge < -0.3 is 9.47 Å². The van der Waals surface area contributed by atoms with E-state index in [1.165, 1.54) is 0 Å². The Morgan fingerprint density at radius 3 is 2.40 bits per heavy atom. The minimum absolute atomic E-state index is 0.111. The lowest BCUT2D eigenvalue weighted by atomic mass is 10.2. The third kappa shape index (κ3) is 5.21. The highest BCUT2D eigenvalue weighted by molar-refractivity contribution is 7.93. The Balaban J connectivity index is 1.70. The van der Waals surface area contributed by atoms with Crippen LogP contribution in [0.1, 0.15) is 51.1 Å². The lowest BCUT2D eigenvalue weighted by molar-refractivity contribution is 0.00152.